The van der Waals surface area contributed by atoms with Crippen molar-refractivity contribution in [3.63, 3.8) is 0 Å². The van der Waals surface area contributed by atoms with Crippen molar-refractivity contribution < 1.29 is 0 Å². The number of aromatic nitrogens is 3. The number of nitrogens with zero attached hydrogens (tertiary/aromatic N) is 5. The van der Waals surface area contributed by atoms with Gasteiger partial charge in [0.25, 0.3) is 0 Å². The maximum absolute atomic E-state index is 4.33. The molecule has 7 nitrogen and oxygen atoms in total. The number of guanidine groups is 1. The fourth-order valence-electron chi connectivity index (χ4n) is 3.45. The van der Waals surface area contributed by atoms with Crippen molar-refractivity contribution >= 4 is 35.6 Å². The number of hydrogen-bond donors (Lipinski definition) is 2. The Balaban J connectivity index is 0.00000243. The van der Waals surface area contributed by atoms with E-state index in [0.717, 1.165) is 24.0 Å². The minimum atomic E-state index is 0. The number of aliphatic imine (C=N–C) groups is 1. The lowest BCUT2D eigenvalue weighted by atomic mass is 10.1. The molecule has 2 aromatic heterocycles. The Morgan fingerprint density at radius 3 is 2.92 bits per heavy atom. The normalized spacial score (nSPS) is 18.3. The van der Waals surface area contributed by atoms with Crippen LogP contribution in [0.4, 0.5) is 0 Å². The number of halogens is 1. The van der Waals surface area contributed by atoms with Gasteiger partial charge in [-0.15, -0.1) is 34.2 Å². The van der Waals surface area contributed by atoms with E-state index in [4.69, 9.17) is 0 Å². The highest BCUT2D eigenvalue weighted by Crippen LogP contribution is 2.17. The van der Waals surface area contributed by atoms with E-state index >= 15 is 0 Å². The first-order valence-electron chi connectivity index (χ1n) is 9.14. The number of nitrogens with one attached hydrogen (secondary N) is 2. The van der Waals surface area contributed by atoms with Crippen molar-refractivity contribution in [3.8, 4) is 0 Å². The summed E-state index contributed by atoms with van der Waals surface area (Å²) < 4.78 is 1.99. The first kappa shape index (κ1) is 20.9. The summed E-state index contributed by atoms with van der Waals surface area (Å²) in [5.74, 6) is 2.39. The quantitative estimate of drug-likeness (QED) is 0.384. The second kappa shape index (κ2) is 10.1. The minimum absolute atomic E-state index is 0. The van der Waals surface area contributed by atoms with E-state index in [-0.39, 0.29) is 24.0 Å². The predicted octanol–water partition coefficient (Wildman–Crippen LogP) is 2.13. The van der Waals surface area contributed by atoms with Gasteiger partial charge < -0.3 is 10.6 Å². The highest BCUT2D eigenvalue weighted by Gasteiger charge is 2.24. The second-order valence-corrected chi connectivity index (χ2v) is 7.04. The molecule has 0 saturated carbocycles. The molecule has 1 saturated heterocycles. The molecule has 1 atom stereocenters. The number of rotatable bonds is 6. The maximum Gasteiger partial charge on any atom is 0.191 e. The number of pyridine rings is 1. The van der Waals surface area contributed by atoms with Crippen LogP contribution < -0.4 is 10.6 Å². The SMILES string of the molecule is CN=C(NCc1nnc2ccccn12)NC[C@H]1CCCN1CC(C)C.I. The Bertz CT molecular complexity index is 712. The fraction of sp³-hybridized carbons (Fsp3) is 0.611. The van der Waals surface area contributed by atoms with Gasteiger partial charge in [0.15, 0.2) is 17.4 Å². The van der Waals surface area contributed by atoms with E-state index in [1.807, 2.05) is 28.8 Å². The summed E-state index contributed by atoms with van der Waals surface area (Å²) in [5, 5.41) is 15.2. The molecule has 2 aromatic rings. The monoisotopic (exact) mass is 471 g/mol. The first-order valence-corrected chi connectivity index (χ1v) is 9.14. The number of likely N-dealkylation sites (tertiary alicyclic amines) is 1. The van der Waals surface area contributed by atoms with Crippen molar-refractivity contribution in [2.24, 2.45) is 10.9 Å². The zero-order valence-corrected chi connectivity index (χ0v) is 18.2. The van der Waals surface area contributed by atoms with Crippen LogP contribution in [0, 0.1) is 5.92 Å². The molecule has 0 amide bonds. The van der Waals surface area contributed by atoms with Gasteiger partial charge in [0.05, 0.1) is 6.54 Å². The third-order valence-corrected chi connectivity index (χ3v) is 4.63. The molecule has 2 N–H and O–H groups in total. The van der Waals surface area contributed by atoms with Crippen molar-refractivity contribution in [2.75, 3.05) is 26.7 Å². The highest BCUT2D eigenvalue weighted by atomic mass is 127. The van der Waals surface area contributed by atoms with Crippen molar-refractivity contribution in [1.82, 2.24) is 30.1 Å². The molecule has 1 aliphatic heterocycles. The van der Waals surface area contributed by atoms with E-state index in [2.05, 4.69) is 44.6 Å². The van der Waals surface area contributed by atoms with Crippen LogP contribution in [0.25, 0.3) is 5.65 Å². The summed E-state index contributed by atoms with van der Waals surface area (Å²) in [5.41, 5.74) is 0.859. The highest BCUT2D eigenvalue weighted by molar-refractivity contribution is 14.0. The molecule has 0 spiro atoms. The summed E-state index contributed by atoms with van der Waals surface area (Å²) >= 11 is 0. The molecule has 1 aliphatic rings. The third kappa shape index (κ3) is 5.29. The van der Waals surface area contributed by atoms with Crippen LogP contribution in [0.1, 0.15) is 32.5 Å². The van der Waals surface area contributed by atoms with E-state index in [9.17, 15) is 0 Å². The van der Waals surface area contributed by atoms with E-state index in [1.54, 1.807) is 7.05 Å². The molecule has 0 aromatic carbocycles. The van der Waals surface area contributed by atoms with Crippen molar-refractivity contribution in [2.45, 2.75) is 39.3 Å². The molecule has 1 fully saturated rings. The zero-order valence-electron chi connectivity index (χ0n) is 15.9. The smallest absolute Gasteiger partial charge is 0.191 e. The van der Waals surface area contributed by atoms with Gasteiger partial charge in [-0.2, -0.15) is 0 Å². The summed E-state index contributed by atoms with van der Waals surface area (Å²) in [6.07, 6.45) is 4.52. The first-order chi connectivity index (χ1) is 12.2. The van der Waals surface area contributed by atoms with Gasteiger partial charge in [0.1, 0.15) is 0 Å². The average Bonchev–Trinajstić information content (AvgIpc) is 3.21. The van der Waals surface area contributed by atoms with Gasteiger partial charge >= 0.3 is 0 Å². The van der Waals surface area contributed by atoms with Gasteiger partial charge in [-0.3, -0.25) is 14.3 Å². The van der Waals surface area contributed by atoms with Gasteiger partial charge in [-0.1, -0.05) is 19.9 Å². The molecule has 0 bridgehead atoms. The molecule has 8 heteroatoms. The van der Waals surface area contributed by atoms with Crippen LogP contribution in [0.15, 0.2) is 29.4 Å². The molecule has 3 heterocycles. The van der Waals surface area contributed by atoms with Crippen LogP contribution >= 0.6 is 24.0 Å². The largest absolute Gasteiger partial charge is 0.355 e. The van der Waals surface area contributed by atoms with Gasteiger partial charge in [0.2, 0.25) is 0 Å². The number of hydrogen-bond acceptors (Lipinski definition) is 4. The Morgan fingerprint density at radius 1 is 1.31 bits per heavy atom. The van der Waals surface area contributed by atoms with Gasteiger partial charge in [-0.05, 0) is 37.4 Å². The molecule has 3 rings (SSSR count). The Kier molecular flexibility index (Phi) is 8.08. The summed E-state index contributed by atoms with van der Waals surface area (Å²) in [7, 11) is 1.80. The molecule has 0 radical (unpaired) electrons. The number of fused-ring (bicyclic) bond motifs is 1. The van der Waals surface area contributed by atoms with Crippen LogP contribution in [-0.4, -0.2) is 58.2 Å². The Hall–Kier alpha value is -1.42. The third-order valence-electron chi connectivity index (χ3n) is 4.63. The predicted molar refractivity (Wildman–Crippen MR) is 116 cm³/mol. The van der Waals surface area contributed by atoms with E-state index < -0.39 is 0 Å². The van der Waals surface area contributed by atoms with Crippen molar-refractivity contribution in [3.05, 3.63) is 30.2 Å². The van der Waals surface area contributed by atoms with Gasteiger partial charge in [-0.25, -0.2) is 0 Å². The summed E-state index contributed by atoms with van der Waals surface area (Å²) in [6.45, 7) is 8.46. The van der Waals surface area contributed by atoms with Crippen LogP contribution in [0.3, 0.4) is 0 Å². The standard InChI is InChI=1S/C18H29N7.HI/c1-14(2)13-24-9-6-7-15(24)11-20-18(19-3)21-12-17-23-22-16-8-4-5-10-25(16)17;/h4-5,8,10,14-15H,6-7,9,11-13H2,1-3H3,(H2,19,20,21);1H/t15-;/m1./s1. The summed E-state index contributed by atoms with van der Waals surface area (Å²) in [4.78, 5) is 6.93. The topological polar surface area (TPSA) is 69.8 Å². The lowest BCUT2D eigenvalue weighted by Gasteiger charge is -2.26. The minimum Gasteiger partial charge on any atom is -0.355 e. The van der Waals surface area contributed by atoms with E-state index in [1.165, 1.54) is 25.9 Å². The van der Waals surface area contributed by atoms with Crippen LogP contribution in [-0.2, 0) is 6.54 Å². The van der Waals surface area contributed by atoms with Crippen LogP contribution in [0.2, 0.25) is 0 Å². The molecular formula is C18H30IN7. The lowest BCUT2D eigenvalue weighted by Crippen LogP contribution is -2.45. The summed E-state index contributed by atoms with van der Waals surface area (Å²) in [6, 6.07) is 6.49. The van der Waals surface area contributed by atoms with E-state index in [0.29, 0.717) is 18.5 Å². The molecular weight excluding hydrogens is 441 g/mol. The van der Waals surface area contributed by atoms with Crippen molar-refractivity contribution in [1.29, 1.82) is 0 Å². The second-order valence-electron chi connectivity index (χ2n) is 7.04. The zero-order chi connectivity index (χ0) is 17.6. The lowest BCUT2D eigenvalue weighted by molar-refractivity contribution is 0.226. The molecule has 0 unspecified atom stereocenters. The fourth-order valence-corrected chi connectivity index (χ4v) is 3.45. The molecule has 144 valence electrons. The average molecular weight is 471 g/mol. The van der Waals surface area contributed by atoms with Gasteiger partial charge in [0, 0.05) is 32.4 Å². The molecule has 26 heavy (non-hydrogen) atoms. The maximum atomic E-state index is 4.33. The Morgan fingerprint density at radius 2 is 2.15 bits per heavy atom. The molecule has 0 aliphatic carbocycles. The Labute approximate surface area is 172 Å². The van der Waals surface area contributed by atoms with Crippen LogP contribution in [0.5, 0.6) is 0 Å².